The number of nitrogens with zero attached hydrogens (tertiary/aromatic N) is 2. The molecule has 0 N–H and O–H groups in total. The third-order valence-electron chi connectivity index (χ3n) is 1.41. The van der Waals surface area contributed by atoms with Crippen molar-refractivity contribution in [1.29, 1.82) is 0 Å². The Labute approximate surface area is 76.1 Å². The van der Waals surface area contributed by atoms with Gasteiger partial charge in [0.2, 0.25) is 0 Å². The predicted octanol–water partition coefficient (Wildman–Crippen LogP) is 2.12. The molecule has 0 amide bonds. The Morgan fingerprint density at radius 2 is 2.15 bits per heavy atom. The van der Waals surface area contributed by atoms with Crippen molar-refractivity contribution in [3.8, 4) is 0 Å². The summed E-state index contributed by atoms with van der Waals surface area (Å²) in [5, 5.41) is 2.78. The molecule has 0 aliphatic carbocycles. The van der Waals surface area contributed by atoms with E-state index in [-0.39, 0.29) is 0 Å². The molecule has 0 aliphatic heterocycles. The van der Waals surface area contributed by atoms with E-state index in [1.165, 1.54) is 7.05 Å². The number of hydrogen-bond acceptors (Lipinski definition) is 2. The second kappa shape index (κ2) is 3.37. The van der Waals surface area contributed by atoms with Crippen LogP contribution in [0.2, 0.25) is 5.15 Å². The first-order chi connectivity index (χ1) is 5.95. The third-order valence-corrected chi connectivity index (χ3v) is 1.84. The highest BCUT2D eigenvalue weighted by Gasteiger charge is 2.26. The molecule has 7 heteroatoms. The minimum absolute atomic E-state index is 0.428. The van der Waals surface area contributed by atoms with Gasteiger partial charge in [0.1, 0.15) is 16.4 Å². The van der Waals surface area contributed by atoms with E-state index in [1.54, 1.807) is 0 Å². The lowest BCUT2D eigenvalue weighted by Gasteiger charge is -1.93. The number of rotatable bonds is 2. The third kappa shape index (κ3) is 1.67. The molecule has 0 aliphatic rings. The fourth-order valence-corrected chi connectivity index (χ4v) is 1.07. The number of halogens is 4. The lowest BCUT2D eigenvalue weighted by atomic mass is 10.2. The maximum Gasteiger partial charge on any atom is 0.337 e. The maximum atomic E-state index is 12.2. The molecule has 1 heterocycles. The minimum atomic E-state index is -3.02. The summed E-state index contributed by atoms with van der Waals surface area (Å²) in [6.07, 6.45) is -3.02. The van der Waals surface area contributed by atoms with Crippen molar-refractivity contribution in [2.24, 2.45) is 7.05 Å². The molecule has 0 saturated heterocycles. The van der Waals surface area contributed by atoms with E-state index in [0.717, 1.165) is 4.68 Å². The monoisotopic (exact) mass is 212 g/mol. The summed E-state index contributed by atoms with van der Waals surface area (Å²) in [7, 11) is 1.24. The summed E-state index contributed by atoms with van der Waals surface area (Å²) in [5.74, 6) is 0. The van der Waals surface area contributed by atoms with Gasteiger partial charge in [0.25, 0.3) is 6.43 Å². The van der Waals surface area contributed by atoms with Crippen molar-refractivity contribution in [3.05, 3.63) is 16.4 Å². The van der Waals surface area contributed by atoms with Crippen LogP contribution in [0.5, 0.6) is 0 Å². The van der Waals surface area contributed by atoms with Crippen LogP contribution in [0.15, 0.2) is 0 Å². The van der Waals surface area contributed by atoms with Gasteiger partial charge in [-0.05, 0) is 0 Å². The molecular formula is C6H4ClF3N2O. The Kier molecular flexibility index (Phi) is 2.60. The zero-order chi connectivity index (χ0) is 10.2. The van der Waals surface area contributed by atoms with E-state index in [9.17, 15) is 18.0 Å². The van der Waals surface area contributed by atoms with E-state index in [0.29, 0.717) is 0 Å². The average molecular weight is 213 g/mol. The van der Waals surface area contributed by atoms with E-state index in [4.69, 9.17) is 11.6 Å². The Hall–Kier alpha value is -1.04. The van der Waals surface area contributed by atoms with Crippen LogP contribution in [-0.2, 0) is 7.05 Å². The summed E-state index contributed by atoms with van der Waals surface area (Å²) in [4.78, 5) is 10.3. The summed E-state index contributed by atoms with van der Waals surface area (Å²) < 4.78 is 37.3. The molecule has 0 aromatic carbocycles. The second-order valence-electron chi connectivity index (χ2n) is 2.25. The van der Waals surface area contributed by atoms with Crippen molar-refractivity contribution in [2.45, 2.75) is 6.43 Å². The maximum absolute atomic E-state index is 12.2. The molecule has 72 valence electrons. The van der Waals surface area contributed by atoms with Crippen LogP contribution in [0.4, 0.5) is 13.2 Å². The van der Waals surface area contributed by atoms with Crippen LogP contribution in [0.25, 0.3) is 0 Å². The molecule has 0 atom stereocenters. The number of carbonyl (C=O) groups excluding carboxylic acids is 1. The SMILES string of the molecule is Cn1nc(C(F)F)c(C(=O)F)c1Cl. The van der Waals surface area contributed by atoms with E-state index < -0.39 is 28.9 Å². The zero-order valence-electron chi connectivity index (χ0n) is 6.39. The lowest BCUT2D eigenvalue weighted by molar-refractivity contribution is 0.0822. The standard InChI is InChI=1S/C6H4ClF3N2O/c1-12-4(7)2(6(10)13)3(11-12)5(8)9/h5H,1H3. The zero-order valence-corrected chi connectivity index (χ0v) is 7.15. The van der Waals surface area contributed by atoms with E-state index in [2.05, 4.69) is 5.10 Å². The lowest BCUT2D eigenvalue weighted by Crippen LogP contribution is -1.96. The molecular weight excluding hydrogens is 209 g/mol. The molecule has 0 saturated carbocycles. The summed E-state index contributed by atoms with van der Waals surface area (Å²) in [6, 6.07) is -2.01. The second-order valence-corrected chi connectivity index (χ2v) is 2.61. The molecule has 1 aromatic heterocycles. The molecule has 0 spiro atoms. The van der Waals surface area contributed by atoms with Crippen LogP contribution in [0, 0.1) is 0 Å². The molecule has 1 rings (SSSR count). The van der Waals surface area contributed by atoms with Gasteiger partial charge in [-0.3, -0.25) is 9.48 Å². The van der Waals surface area contributed by atoms with Gasteiger partial charge >= 0.3 is 6.04 Å². The van der Waals surface area contributed by atoms with Crippen molar-refractivity contribution in [2.75, 3.05) is 0 Å². The van der Waals surface area contributed by atoms with Crippen LogP contribution >= 0.6 is 11.6 Å². The molecule has 0 bridgehead atoms. The Bertz CT molecular complexity index is 350. The molecule has 13 heavy (non-hydrogen) atoms. The van der Waals surface area contributed by atoms with Gasteiger partial charge in [-0.2, -0.15) is 9.49 Å². The van der Waals surface area contributed by atoms with Gasteiger partial charge in [0, 0.05) is 7.05 Å². The van der Waals surface area contributed by atoms with Crippen molar-refractivity contribution >= 4 is 17.6 Å². The highest BCUT2D eigenvalue weighted by atomic mass is 35.5. The topological polar surface area (TPSA) is 34.9 Å². The van der Waals surface area contributed by atoms with Crippen molar-refractivity contribution in [1.82, 2.24) is 9.78 Å². The Morgan fingerprint density at radius 1 is 1.62 bits per heavy atom. The van der Waals surface area contributed by atoms with Gasteiger partial charge in [0.15, 0.2) is 0 Å². The molecule has 0 unspecified atom stereocenters. The first-order valence-corrected chi connectivity index (χ1v) is 3.53. The quantitative estimate of drug-likeness (QED) is 0.704. The number of carbonyl (C=O) groups is 1. The number of aryl methyl sites for hydroxylation is 1. The fraction of sp³-hybridized carbons (Fsp3) is 0.333. The van der Waals surface area contributed by atoms with Crippen LogP contribution in [0.3, 0.4) is 0 Å². The van der Waals surface area contributed by atoms with Crippen molar-refractivity contribution < 1.29 is 18.0 Å². The predicted molar refractivity (Wildman–Crippen MR) is 38.6 cm³/mol. The minimum Gasteiger partial charge on any atom is -0.256 e. The number of alkyl halides is 2. The van der Waals surface area contributed by atoms with Crippen LogP contribution < -0.4 is 0 Å². The average Bonchev–Trinajstić information content (AvgIpc) is 2.28. The Balaban J connectivity index is 3.35. The molecule has 3 nitrogen and oxygen atoms in total. The van der Waals surface area contributed by atoms with Gasteiger partial charge in [-0.1, -0.05) is 11.6 Å². The van der Waals surface area contributed by atoms with Gasteiger partial charge in [0.05, 0.1) is 0 Å². The summed E-state index contributed by atoms with van der Waals surface area (Å²) in [6.45, 7) is 0. The van der Waals surface area contributed by atoms with Crippen molar-refractivity contribution in [3.63, 3.8) is 0 Å². The first kappa shape index (κ1) is 10.0. The highest BCUT2D eigenvalue weighted by Crippen LogP contribution is 2.27. The fourth-order valence-electron chi connectivity index (χ4n) is 0.858. The number of aromatic nitrogens is 2. The first-order valence-electron chi connectivity index (χ1n) is 3.15. The molecule has 0 fully saturated rings. The van der Waals surface area contributed by atoms with Gasteiger partial charge in [-0.25, -0.2) is 8.78 Å². The normalized spacial score (nSPS) is 10.9. The largest absolute Gasteiger partial charge is 0.337 e. The van der Waals surface area contributed by atoms with Crippen LogP contribution in [-0.4, -0.2) is 15.8 Å². The highest BCUT2D eigenvalue weighted by molar-refractivity contribution is 6.32. The van der Waals surface area contributed by atoms with Gasteiger partial charge < -0.3 is 0 Å². The molecule has 1 aromatic rings. The smallest absolute Gasteiger partial charge is 0.256 e. The van der Waals surface area contributed by atoms with E-state index in [1.807, 2.05) is 0 Å². The van der Waals surface area contributed by atoms with Gasteiger partial charge in [-0.15, -0.1) is 0 Å². The Morgan fingerprint density at radius 3 is 2.46 bits per heavy atom. The summed E-state index contributed by atoms with van der Waals surface area (Å²) >= 11 is 5.36. The number of hydrogen-bond donors (Lipinski definition) is 0. The summed E-state index contributed by atoms with van der Waals surface area (Å²) in [5.41, 5.74) is -1.79. The molecule has 0 radical (unpaired) electrons. The van der Waals surface area contributed by atoms with E-state index >= 15 is 0 Å². The van der Waals surface area contributed by atoms with Crippen LogP contribution in [0.1, 0.15) is 22.5 Å².